The maximum Gasteiger partial charge on any atom is 0.488 e. The summed E-state index contributed by atoms with van der Waals surface area (Å²) in [5.41, 5.74) is -1.51. The predicted octanol–water partition coefficient (Wildman–Crippen LogP) is 0.232. The van der Waals surface area contributed by atoms with Gasteiger partial charge in [0.15, 0.2) is 0 Å². The van der Waals surface area contributed by atoms with E-state index in [1.807, 2.05) is 4.72 Å². The van der Waals surface area contributed by atoms with Crippen molar-refractivity contribution in [1.82, 2.24) is 0 Å². The molecule has 0 saturated carbocycles. The van der Waals surface area contributed by atoms with Gasteiger partial charge in [-0.25, -0.2) is 22.0 Å². The molecule has 2 aromatic rings. The van der Waals surface area contributed by atoms with Crippen molar-refractivity contribution in [2.75, 3.05) is 11.8 Å². The molecule has 132 valence electrons. The highest BCUT2D eigenvalue weighted by atomic mass is 32.2. The number of nitrogens with one attached hydrogen (secondary N) is 1. The van der Waals surface area contributed by atoms with Gasteiger partial charge in [0.05, 0.1) is 23.3 Å². The molecule has 0 aliphatic carbocycles. The van der Waals surface area contributed by atoms with Crippen LogP contribution < -0.4 is 10.2 Å². The number of halogens is 2. The number of benzene rings is 2. The van der Waals surface area contributed by atoms with Gasteiger partial charge in [0, 0.05) is 6.07 Å². The van der Waals surface area contributed by atoms with Gasteiger partial charge in [0.1, 0.15) is 11.6 Å². The summed E-state index contributed by atoms with van der Waals surface area (Å²) < 4.78 is 58.5. The Kier molecular flexibility index (Phi) is 5.40. The zero-order valence-corrected chi connectivity index (χ0v) is 13.5. The SMILES string of the molecule is COC(=O)c1cc(F)c(NS(=O)(=O)c2cccc(B(O)O)c2)cc1F. The largest absolute Gasteiger partial charge is 0.488 e. The molecule has 0 saturated heterocycles. The second-order valence-corrected chi connectivity index (χ2v) is 6.54. The monoisotopic (exact) mass is 371 g/mol. The number of methoxy groups -OCH3 is 1. The van der Waals surface area contributed by atoms with Crippen LogP contribution in [-0.4, -0.2) is 38.7 Å². The lowest BCUT2D eigenvalue weighted by molar-refractivity contribution is 0.0595. The van der Waals surface area contributed by atoms with Crippen LogP contribution in [0.2, 0.25) is 0 Å². The Morgan fingerprint density at radius 3 is 2.44 bits per heavy atom. The van der Waals surface area contributed by atoms with Gasteiger partial charge in [-0.2, -0.15) is 0 Å². The van der Waals surface area contributed by atoms with Crippen LogP contribution >= 0.6 is 0 Å². The summed E-state index contributed by atoms with van der Waals surface area (Å²) in [7, 11) is -5.26. The molecular weight excluding hydrogens is 359 g/mol. The number of hydrogen-bond donors (Lipinski definition) is 3. The average molecular weight is 371 g/mol. The molecule has 3 N–H and O–H groups in total. The summed E-state index contributed by atoms with van der Waals surface area (Å²) in [5, 5.41) is 18.2. The lowest BCUT2D eigenvalue weighted by Gasteiger charge is -2.11. The maximum absolute atomic E-state index is 14.0. The molecule has 0 aliphatic rings. The summed E-state index contributed by atoms with van der Waals surface area (Å²) in [5.74, 6) is -3.48. The zero-order chi connectivity index (χ0) is 18.8. The van der Waals surface area contributed by atoms with Crippen LogP contribution in [0.4, 0.5) is 14.5 Å². The molecule has 0 spiro atoms. The summed E-state index contributed by atoms with van der Waals surface area (Å²) in [4.78, 5) is 10.9. The highest BCUT2D eigenvalue weighted by Gasteiger charge is 2.22. The Balaban J connectivity index is 2.40. The molecule has 25 heavy (non-hydrogen) atoms. The van der Waals surface area contributed by atoms with Crippen molar-refractivity contribution >= 4 is 34.3 Å². The zero-order valence-electron chi connectivity index (χ0n) is 12.7. The van der Waals surface area contributed by atoms with Gasteiger partial charge in [-0.05, 0) is 23.7 Å². The smallest absolute Gasteiger partial charge is 0.465 e. The lowest BCUT2D eigenvalue weighted by Crippen LogP contribution is -2.30. The number of carbonyl (C=O) groups excluding carboxylic acids is 1. The Morgan fingerprint density at radius 2 is 1.84 bits per heavy atom. The standard InChI is InChI=1S/C14H12BF2NO6S/c1-24-14(19)10-6-12(17)13(7-11(10)16)18-25(22,23)9-4-2-3-8(5-9)15(20)21/h2-7,18,20-21H,1H3. The average Bonchev–Trinajstić information content (AvgIpc) is 2.57. The third-order valence-electron chi connectivity index (χ3n) is 3.17. The second kappa shape index (κ2) is 7.17. The van der Waals surface area contributed by atoms with Crippen LogP contribution in [-0.2, 0) is 14.8 Å². The van der Waals surface area contributed by atoms with E-state index in [2.05, 4.69) is 4.74 Å². The molecule has 0 bridgehead atoms. The van der Waals surface area contributed by atoms with Crippen LogP contribution in [0.1, 0.15) is 10.4 Å². The summed E-state index contributed by atoms with van der Waals surface area (Å²) in [6.07, 6.45) is 0. The minimum absolute atomic E-state index is 0.101. The number of ether oxygens (including phenoxy) is 1. The third kappa shape index (κ3) is 4.13. The van der Waals surface area contributed by atoms with E-state index in [0.29, 0.717) is 12.1 Å². The van der Waals surface area contributed by atoms with Crippen LogP contribution in [0.25, 0.3) is 0 Å². The van der Waals surface area contributed by atoms with Crippen molar-refractivity contribution in [3.05, 3.63) is 53.6 Å². The highest BCUT2D eigenvalue weighted by Crippen LogP contribution is 2.23. The molecule has 0 radical (unpaired) electrons. The fraction of sp³-hybridized carbons (Fsp3) is 0.0714. The number of sulfonamides is 1. The molecule has 0 fully saturated rings. The fourth-order valence-corrected chi connectivity index (χ4v) is 3.05. The normalized spacial score (nSPS) is 11.1. The number of rotatable bonds is 5. The van der Waals surface area contributed by atoms with E-state index < -0.39 is 50.9 Å². The summed E-state index contributed by atoms with van der Waals surface area (Å²) >= 11 is 0. The van der Waals surface area contributed by atoms with Gasteiger partial charge in [-0.1, -0.05) is 12.1 Å². The minimum Gasteiger partial charge on any atom is -0.465 e. The Bertz CT molecular complexity index is 920. The number of hydrogen-bond acceptors (Lipinski definition) is 6. The van der Waals surface area contributed by atoms with Crippen molar-refractivity contribution in [2.24, 2.45) is 0 Å². The number of carbonyl (C=O) groups is 1. The van der Waals surface area contributed by atoms with Crippen LogP contribution in [0.15, 0.2) is 41.3 Å². The first-order chi connectivity index (χ1) is 11.7. The van der Waals surface area contributed by atoms with Crippen molar-refractivity contribution in [3.63, 3.8) is 0 Å². The molecule has 0 amide bonds. The quantitative estimate of drug-likeness (QED) is 0.513. The number of anilines is 1. The molecule has 2 rings (SSSR count). The summed E-state index contributed by atoms with van der Waals surface area (Å²) in [6, 6.07) is 5.63. The van der Waals surface area contributed by atoms with Gasteiger partial charge >= 0.3 is 13.1 Å². The molecule has 11 heteroatoms. The van der Waals surface area contributed by atoms with E-state index in [4.69, 9.17) is 10.0 Å². The first-order valence-corrected chi connectivity index (χ1v) is 8.20. The third-order valence-corrected chi connectivity index (χ3v) is 4.54. The van der Waals surface area contributed by atoms with E-state index in [1.165, 1.54) is 12.1 Å². The van der Waals surface area contributed by atoms with Crippen molar-refractivity contribution in [2.45, 2.75) is 4.90 Å². The molecule has 0 atom stereocenters. The maximum atomic E-state index is 14.0. The topological polar surface area (TPSA) is 113 Å². The van der Waals surface area contributed by atoms with Gasteiger partial charge in [0.2, 0.25) is 0 Å². The second-order valence-electron chi connectivity index (χ2n) is 4.86. The van der Waals surface area contributed by atoms with Gasteiger partial charge in [-0.3, -0.25) is 4.72 Å². The number of esters is 1. The molecule has 7 nitrogen and oxygen atoms in total. The first kappa shape index (κ1) is 18.8. The van der Waals surface area contributed by atoms with Crippen LogP contribution in [0.3, 0.4) is 0 Å². The molecule has 2 aromatic carbocycles. The highest BCUT2D eigenvalue weighted by molar-refractivity contribution is 7.92. The van der Waals surface area contributed by atoms with E-state index in [0.717, 1.165) is 19.2 Å². The fourth-order valence-electron chi connectivity index (χ4n) is 1.94. The van der Waals surface area contributed by atoms with Crippen molar-refractivity contribution in [3.8, 4) is 0 Å². The van der Waals surface area contributed by atoms with Gasteiger partial charge in [-0.15, -0.1) is 0 Å². The van der Waals surface area contributed by atoms with Gasteiger partial charge < -0.3 is 14.8 Å². The van der Waals surface area contributed by atoms with Gasteiger partial charge in [0.25, 0.3) is 10.0 Å². The Hall–Kier alpha value is -2.50. The van der Waals surface area contributed by atoms with Crippen LogP contribution in [0, 0.1) is 11.6 Å². The molecule has 0 aromatic heterocycles. The van der Waals surface area contributed by atoms with Crippen LogP contribution in [0.5, 0.6) is 0 Å². The van der Waals surface area contributed by atoms with Crippen molar-refractivity contribution < 1.29 is 36.8 Å². The lowest BCUT2D eigenvalue weighted by atomic mass is 9.81. The Labute approximate surface area is 142 Å². The Morgan fingerprint density at radius 1 is 1.16 bits per heavy atom. The van der Waals surface area contributed by atoms with E-state index in [1.54, 1.807) is 0 Å². The first-order valence-electron chi connectivity index (χ1n) is 6.72. The summed E-state index contributed by atoms with van der Waals surface area (Å²) in [6.45, 7) is 0. The predicted molar refractivity (Wildman–Crippen MR) is 84.8 cm³/mol. The molecular formula is C14H12BF2NO6S. The van der Waals surface area contributed by atoms with Crippen molar-refractivity contribution in [1.29, 1.82) is 0 Å². The molecule has 0 heterocycles. The van der Waals surface area contributed by atoms with E-state index in [9.17, 15) is 22.0 Å². The van der Waals surface area contributed by atoms with E-state index in [-0.39, 0.29) is 5.46 Å². The minimum atomic E-state index is -4.34. The molecule has 0 aliphatic heterocycles. The molecule has 0 unspecified atom stereocenters. The van der Waals surface area contributed by atoms with E-state index >= 15 is 0 Å².